The number of hydrogen-bond acceptors (Lipinski definition) is 6. The maximum absolute atomic E-state index is 13.1. The van der Waals surface area contributed by atoms with Gasteiger partial charge in [0.25, 0.3) is 5.91 Å². The number of carbonyl (C=O) groups excluding carboxylic acids is 2. The molecule has 1 saturated heterocycles. The number of amides is 2. The first-order valence-corrected chi connectivity index (χ1v) is 11.9. The van der Waals surface area contributed by atoms with Crippen molar-refractivity contribution in [2.24, 2.45) is 0 Å². The first-order chi connectivity index (χ1) is 15.3. The average Bonchev–Trinajstić information content (AvgIpc) is 2.79. The number of benzene rings is 2. The Morgan fingerprint density at radius 2 is 1.84 bits per heavy atom. The molecule has 9 nitrogen and oxygen atoms in total. The molecular weight excluding hydrogens is 456 g/mol. The lowest BCUT2D eigenvalue weighted by molar-refractivity contribution is -0.131. The van der Waals surface area contributed by atoms with Crippen LogP contribution in [0, 0.1) is 0 Å². The Bertz CT molecular complexity index is 1130. The maximum Gasteiger partial charge on any atom is 0.262 e. The molecule has 0 bridgehead atoms. The summed E-state index contributed by atoms with van der Waals surface area (Å²) >= 11 is 6.18. The lowest BCUT2D eigenvalue weighted by atomic mass is 10.2. The summed E-state index contributed by atoms with van der Waals surface area (Å²) in [5, 5.41) is 2.51. The number of nitrogens with zero attached hydrogens (tertiary/aromatic N) is 3. The van der Waals surface area contributed by atoms with Crippen molar-refractivity contribution in [2.75, 3.05) is 56.6 Å². The van der Waals surface area contributed by atoms with Gasteiger partial charge in [0, 0.05) is 45.0 Å². The third kappa shape index (κ3) is 4.52. The van der Waals surface area contributed by atoms with Gasteiger partial charge in [0.05, 0.1) is 17.3 Å². The first kappa shape index (κ1) is 22.4. The Morgan fingerprint density at radius 1 is 1.16 bits per heavy atom. The molecule has 2 amide bonds. The monoisotopic (exact) mass is 478 g/mol. The van der Waals surface area contributed by atoms with Gasteiger partial charge in [-0.1, -0.05) is 29.8 Å². The van der Waals surface area contributed by atoms with Crippen LogP contribution in [0.1, 0.15) is 0 Å². The van der Waals surface area contributed by atoms with Gasteiger partial charge < -0.3 is 19.9 Å². The molecule has 0 aliphatic carbocycles. The van der Waals surface area contributed by atoms with Gasteiger partial charge in [-0.05, 0) is 18.2 Å². The fraction of sp³-hybridized carbons (Fsp3) is 0.333. The van der Waals surface area contributed by atoms with Crippen molar-refractivity contribution in [2.45, 2.75) is 4.90 Å². The van der Waals surface area contributed by atoms with Gasteiger partial charge in [0.15, 0.2) is 6.61 Å². The van der Waals surface area contributed by atoms with Crippen molar-refractivity contribution in [1.29, 1.82) is 0 Å². The van der Waals surface area contributed by atoms with Crippen LogP contribution >= 0.6 is 11.6 Å². The van der Waals surface area contributed by atoms with E-state index in [2.05, 4.69) is 10.2 Å². The highest BCUT2D eigenvalue weighted by Crippen LogP contribution is 2.36. The molecule has 32 heavy (non-hydrogen) atoms. The second-order valence-electron chi connectivity index (χ2n) is 7.58. The summed E-state index contributed by atoms with van der Waals surface area (Å²) in [7, 11) is -2.71. The number of carbonyl (C=O) groups is 2. The van der Waals surface area contributed by atoms with E-state index in [1.807, 2.05) is 30.3 Å². The number of fused-ring (bicyclic) bond motifs is 1. The highest BCUT2D eigenvalue weighted by molar-refractivity contribution is 7.89. The van der Waals surface area contributed by atoms with Crippen molar-refractivity contribution < 1.29 is 22.7 Å². The Kier molecular flexibility index (Phi) is 6.27. The Morgan fingerprint density at radius 3 is 2.53 bits per heavy atom. The molecule has 2 aromatic carbocycles. The molecule has 4 rings (SSSR count). The van der Waals surface area contributed by atoms with Crippen LogP contribution in [0.3, 0.4) is 0 Å². The number of halogens is 1. The quantitative estimate of drug-likeness (QED) is 0.701. The highest BCUT2D eigenvalue weighted by Gasteiger charge is 2.30. The first-order valence-electron chi connectivity index (χ1n) is 10.1. The van der Waals surface area contributed by atoms with Gasteiger partial charge in [-0.3, -0.25) is 9.59 Å². The van der Waals surface area contributed by atoms with Crippen LogP contribution < -0.4 is 15.0 Å². The lowest BCUT2D eigenvalue weighted by Gasteiger charge is -2.36. The fourth-order valence-electron chi connectivity index (χ4n) is 3.68. The van der Waals surface area contributed by atoms with Crippen LogP contribution in [0.2, 0.25) is 5.02 Å². The number of ether oxygens (including phenoxy) is 1. The molecule has 1 fully saturated rings. The predicted octanol–water partition coefficient (Wildman–Crippen LogP) is 1.64. The van der Waals surface area contributed by atoms with E-state index in [-0.39, 0.29) is 40.6 Å². The van der Waals surface area contributed by atoms with Gasteiger partial charge in [-0.25, -0.2) is 8.42 Å². The number of rotatable bonds is 5. The zero-order valence-electron chi connectivity index (χ0n) is 17.5. The van der Waals surface area contributed by atoms with Crippen molar-refractivity contribution in [3.8, 4) is 5.75 Å². The van der Waals surface area contributed by atoms with Crippen LogP contribution in [0.15, 0.2) is 47.4 Å². The van der Waals surface area contributed by atoms with Crippen LogP contribution in [-0.2, 0) is 19.6 Å². The Balaban J connectivity index is 1.42. The number of sulfonamides is 1. The SMILES string of the molecule is CN(CC(=O)N1CCN(c2ccccc2)CC1)S(=O)(=O)c1cc2c(cc1Cl)NC(=O)CO2. The lowest BCUT2D eigenvalue weighted by Crippen LogP contribution is -2.51. The zero-order valence-corrected chi connectivity index (χ0v) is 19.0. The minimum Gasteiger partial charge on any atom is -0.482 e. The van der Waals surface area contributed by atoms with Crippen LogP contribution in [0.4, 0.5) is 11.4 Å². The van der Waals surface area contributed by atoms with E-state index in [0.717, 1.165) is 9.99 Å². The molecule has 0 spiro atoms. The number of likely N-dealkylation sites (N-methyl/N-ethyl adjacent to an activating group) is 1. The summed E-state index contributed by atoms with van der Waals surface area (Å²) in [4.78, 5) is 27.9. The van der Waals surface area contributed by atoms with Gasteiger partial charge >= 0.3 is 0 Å². The van der Waals surface area contributed by atoms with E-state index in [1.165, 1.54) is 19.2 Å². The zero-order chi connectivity index (χ0) is 22.9. The summed E-state index contributed by atoms with van der Waals surface area (Å²) in [6, 6.07) is 12.5. The predicted molar refractivity (Wildman–Crippen MR) is 121 cm³/mol. The molecule has 2 heterocycles. The second kappa shape index (κ2) is 8.97. The third-order valence-electron chi connectivity index (χ3n) is 5.47. The summed E-state index contributed by atoms with van der Waals surface area (Å²) in [5.41, 5.74) is 1.40. The largest absolute Gasteiger partial charge is 0.482 e. The smallest absolute Gasteiger partial charge is 0.262 e. The Hall–Kier alpha value is -2.82. The molecule has 1 N–H and O–H groups in total. The van der Waals surface area contributed by atoms with Crippen LogP contribution in [0.5, 0.6) is 5.75 Å². The molecule has 0 aromatic heterocycles. The normalized spacial score (nSPS) is 16.4. The molecule has 2 aliphatic heterocycles. The molecule has 0 radical (unpaired) electrons. The minimum atomic E-state index is -4.05. The van der Waals surface area contributed by atoms with Crippen molar-refractivity contribution in [1.82, 2.24) is 9.21 Å². The van der Waals surface area contributed by atoms with Crippen molar-refractivity contribution in [3.05, 3.63) is 47.5 Å². The summed E-state index contributed by atoms with van der Waals surface area (Å²) < 4.78 is 32.4. The number of piperazine rings is 1. The summed E-state index contributed by atoms with van der Waals surface area (Å²) in [6.07, 6.45) is 0. The Labute approximate surface area is 191 Å². The standard InChI is InChI=1S/C21H23ClN4O5S/c1-24(13-21(28)26-9-7-25(8-10-26)15-5-3-2-4-6-15)32(29,30)19-12-18-17(11-16(19)22)23-20(27)14-31-18/h2-6,11-12H,7-10,13-14H2,1H3,(H,23,27). The molecule has 0 unspecified atom stereocenters. The van der Waals surface area contributed by atoms with E-state index in [4.69, 9.17) is 16.3 Å². The van der Waals surface area contributed by atoms with E-state index in [9.17, 15) is 18.0 Å². The topological polar surface area (TPSA) is 99.3 Å². The van der Waals surface area contributed by atoms with Crippen molar-refractivity contribution in [3.63, 3.8) is 0 Å². The maximum atomic E-state index is 13.1. The van der Waals surface area contributed by atoms with Crippen molar-refractivity contribution >= 4 is 44.8 Å². The number of nitrogens with one attached hydrogen (secondary N) is 1. The van der Waals surface area contributed by atoms with Crippen LogP contribution in [-0.4, -0.2) is 75.8 Å². The summed E-state index contributed by atoms with van der Waals surface area (Å²) in [6.45, 7) is 1.84. The van der Waals surface area contributed by atoms with Crippen LogP contribution in [0.25, 0.3) is 0 Å². The van der Waals surface area contributed by atoms with E-state index in [0.29, 0.717) is 31.9 Å². The van der Waals surface area contributed by atoms with E-state index in [1.54, 1.807) is 4.90 Å². The number of anilines is 2. The number of hydrogen-bond donors (Lipinski definition) is 1. The minimum absolute atomic E-state index is 0.0645. The molecule has 0 atom stereocenters. The molecule has 2 aromatic rings. The highest BCUT2D eigenvalue weighted by atomic mass is 35.5. The van der Waals surface area contributed by atoms with Gasteiger partial charge in [-0.2, -0.15) is 4.31 Å². The molecule has 2 aliphatic rings. The molecule has 170 valence electrons. The van der Waals surface area contributed by atoms with E-state index < -0.39 is 10.0 Å². The summed E-state index contributed by atoms with van der Waals surface area (Å²) in [5.74, 6) is -0.412. The fourth-order valence-corrected chi connectivity index (χ4v) is 5.31. The molecule has 11 heteroatoms. The molecule has 0 saturated carbocycles. The van der Waals surface area contributed by atoms with Gasteiger partial charge in [0.1, 0.15) is 10.6 Å². The second-order valence-corrected chi connectivity index (χ2v) is 10.0. The van der Waals surface area contributed by atoms with Gasteiger partial charge in [-0.15, -0.1) is 0 Å². The van der Waals surface area contributed by atoms with E-state index >= 15 is 0 Å². The van der Waals surface area contributed by atoms with Gasteiger partial charge in [0.2, 0.25) is 15.9 Å². The number of para-hydroxylation sites is 1. The average molecular weight is 479 g/mol. The molecular formula is C21H23ClN4O5S. The third-order valence-corrected chi connectivity index (χ3v) is 7.73.